The Labute approximate surface area is 158 Å². The van der Waals surface area contributed by atoms with Gasteiger partial charge in [0.2, 0.25) is 0 Å². The van der Waals surface area contributed by atoms with E-state index < -0.39 is 0 Å². The van der Waals surface area contributed by atoms with Gasteiger partial charge in [0, 0.05) is 20.5 Å². The monoisotopic (exact) mass is 372 g/mol. The molecule has 0 saturated carbocycles. The summed E-state index contributed by atoms with van der Waals surface area (Å²) in [6.45, 7) is 6.59. The van der Waals surface area contributed by atoms with Gasteiger partial charge < -0.3 is 0 Å². The molecule has 0 aromatic carbocycles. The summed E-state index contributed by atoms with van der Waals surface area (Å²) in [5.74, 6) is 0. The lowest BCUT2D eigenvalue weighted by molar-refractivity contribution is 0.131. The molecule has 0 radical (unpaired) electrons. The molecule has 0 atom stereocenters. The number of hydrogen-bond donors (Lipinski definition) is 0. The third-order valence-corrected chi connectivity index (χ3v) is 4.99. The summed E-state index contributed by atoms with van der Waals surface area (Å²) < 4.78 is 0. The fourth-order valence-electron chi connectivity index (χ4n) is 2.33. The van der Waals surface area contributed by atoms with Gasteiger partial charge in [0.1, 0.15) is 0 Å². The van der Waals surface area contributed by atoms with E-state index in [9.17, 15) is 0 Å². The Morgan fingerprint density at radius 1 is 0.667 bits per heavy atom. The Morgan fingerprint density at radius 3 is 1.25 bits per heavy atom. The van der Waals surface area contributed by atoms with Crippen molar-refractivity contribution in [3.8, 4) is 0 Å². The predicted molar refractivity (Wildman–Crippen MR) is 119 cm³/mol. The van der Waals surface area contributed by atoms with Crippen LogP contribution in [0.25, 0.3) is 0 Å². The van der Waals surface area contributed by atoms with E-state index in [1.54, 1.807) is 0 Å². The molecule has 4 nitrogen and oxygen atoms in total. The maximum absolute atomic E-state index is 2.36. The van der Waals surface area contributed by atoms with Crippen molar-refractivity contribution in [2.24, 2.45) is 0 Å². The third-order valence-electron chi connectivity index (χ3n) is 4.05. The molecule has 0 aliphatic heterocycles. The zero-order valence-electron chi connectivity index (χ0n) is 18.1. The molecule has 0 aromatic rings. The highest BCUT2D eigenvalue weighted by Gasteiger charge is 2.13. The molecule has 0 N–H and O–H groups in total. The smallest absolute Gasteiger partial charge is 0.0809 e. The maximum Gasteiger partial charge on any atom is 0.0809 e. The van der Waals surface area contributed by atoms with E-state index in [2.05, 4.69) is 100 Å². The Bertz CT molecular complexity index is 315. The van der Waals surface area contributed by atoms with E-state index in [1.165, 1.54) is 32.6 Å². The van der Waals surface area contributed by atoms with E-state index in [4.69, 9.17) is 0 Å². The summed E-state index contributed by atoms with van der Waals surface area (Å²) >= 11 is 0. The van der Waals surface area contributed by atoms with Gasteiger partial charge in [-0.15, -0.1) is 0 Å². The van der Waals surface area contributed by atoms with Gasteiger partial charge in [-0.3, -0.25) is 19.6 Å². The van der Waals surface area contributed by atoms with E-state index in [0.29, 0.717) is 12.3 Å². The molecular weight excluding hydrogens is 328 g/mol. The fourth-order valence-corrected chi connectivity index (χ4v) is 2.87. The van der Waals surface area contributed by atoms with E-state index >= 15 is 0 Å². The first kappa shape index (κ1) is 26.0. The van der Waals surface area contributed by atoms with Crippen LogP contribution in [0, 0.1) is 0 Å². The number of likely N-dealkylation sites (N-methyl/N-ethyl adjacent to an activating group) is 4. The zero-order valence-corrected chi connectivity index (χ0v) is 22.1. The van der Waals surface area contributed by atoms with Crippen LogP contribution in [0.5, 0.6) is 0 Å². The highest BCUT2D eigenvalue weighted by atomic mass is 28.1. The third kappa shape index (κ3) is 12.2. The fraction of sp³-hybridized carbons (Fsp3) is 0.778. The molecule has 0 rings (SSSR count). The Balaban J connectivity index is 0. The van der Waals surface area contributed by atoms with Crippen LogP contribution < -0.4 is 0 Å². The molecule has 0 amide bonds. The van der Waals surface area contributed by atoms with Crippen molar-refractivity contribution in [2.75, 3.05) is 55.4 Å². The van der Waals surface area contributed by atoms with Gasteiger partial charge in [-0.05, 0) is 67.5 Å². The van der Waals surface area contributed by atoms with Crippen molar-refractivity contribution < 1.29 is 0 Å². The summed E-state index contributed by atoms with van der Waals surface area (Å²) in [7, 11) is 15.3. The van der Waals surface area contributed by atoms with Crippen LogP contribution in [0.1, 0.15) is 13.8 Å². The second kappa shape index (κ2) is 16.2. The molecule has 0 unspecified atom stereocenters. The van der Waals surface area contributed by atoms with Crippen LogP contribution >= 0.6 is 0 Å². The largest absolute Gasteiger partial charge is 0.291 e. The summed E-state index contributed by atoms with van der Waals surface area (Å²) in [4.78, 5) is 9.12. The number of hydrogen-bond acceptors (Lipinski definition) is 4. The lowest BCUT2D eigenvalue weighted by atomic mass is 10.3. The molecule has 0 bridgehead atoms. The van der Waals surface area contributed by atoms with Crippen LogP contribution in [-0.4, -0.2) is 108 Å². The Hall–Kier alpha value is -0.246. The summed E-state index contributed by atoms with van der Waals surface area (Å²) in [5.41, 5.74) is 0. The van der Waals surface area contributed by atoms with Crippen LogP contribution in [0.15, 0.2) is 24.3 Å². The highest BCUT2D eigenvalue weighted by molar-refractivity contribution is 6.09. The minimum atomic E-state index is 0.448. The minimum Gasteiger partial charge on any atom is -0.291 e. The second-order valence-electron chi connectivity index (χ2n) is 6.57. The number of nitrogens with zero attached hydrogens (tertiary/aromatic N) is 4. The first-order valence-electron chi connectivity index (χ1n) is 9.33. The van der Waals surface area contributed by atoms with E-state index in [-0.39, 0.29) is 0 Å². The van der Waals surface area contributed by atoms with Crippen molar-refractivity contribution in [1.82, 2.24) is 19.6 Å². The molecule has 144 valence electrons. The maximum atomic E-state index is 2.36. The van der Waals surface area contributed by atoms with Gasteiger partial charge in [0.05, 0.1) is 12.3 Å². The standard InChI is InChI=1S/C10H24N2Si.C8H20N2Si/c1-5-11(3)10(8-7-9-13)12(4)6-2;1-9(2)8(10(3)4)6-5-7-11/h7-8,10H,5-6,9H2,1-4,13H3;5-6,8H,7H2,1-4,11H3. The lowest BCUT2D eigenvalue weighted by Crippen LogP contribution is -2.43. The predicted octanol–water partition coefficient (Wildman–Crippen LogP) is 0.331. The first-order chi connectivity index (χ1) is 11.3. The van der Waals surface area contributed by atoms with Gasteiger partial charge in [0.25, 0.3) is 0 Å². The van der Waals surface area contributed by atoms with Crippen LogP contribution in [-0.2, 0) is 0 Å². The van der Waals surface area contributed by atoms with Gasteiger partial charge >= 0.3 is 0 Å². The van der Waals surface area contributed by atoms with Crippen LogP contribution in [0.3, 0.4) is 0 Å². The molecule has 0 spiro atoms. The number of allylic oxidation sites excluding steroid dienone is 2. The summed E-state index contributed by atoms with van der Waals surface area (Å²) in [6, 6.07) is 2.50. The van der Waals surface area contributed by atoms with Crippen LogP contribution in [0.2, 0.25) is 12.1 Å². The second-order valence-corrected chi connectivity index (χ2v) is 8.21. The number of rotatable bonds is 10. The first-order valence-corrected chi connectivity index (χ1v) is 12.2. The lowest BCUT2D eigenvalue weighted by Gasteiger charge is -2.31. The van der Waals surface area contributed by atoms with E-state index in [1.807, 2.05) is 0 Å². The molecular formula is C18H44N4Si2. The van der Waals surface area contributed by atoms with Crippen molar-refractivity contribution in [3.63, 3.8) is 0 Å². The minimum absolute atomic E-state index is 0.448. The molecule has 0 aliphatic carbocycles. The van der Waals surface area contributed by atoms with Crippen LogP contribution in [0.4, 0.5) is 0 Å². The molecule has 6 heteroatoms. The summed E-state index contributed by atoms with van der Waals surface area (Å²) in [5, 5.41) is 0. The van der Waals surface area contributed by atoms with Gasteiger partial charge in [0.15, 0.2) is 0 Å². The van der Waals surface area contributed by atoms with Gasteiger partial charge in [-0.1, -0.05) is 38.2 Å². The SMILES string of the molecule is CCN(C)C(C=CC[SiH3])N(C)CC.CN(C)C(C=CC[SiH3])N(C)C. The Morgan fingerprint density at radius 2 is 1.00 bits per heavy atom. The van der Waals surface area contributed by atoms with Gasteiger partial charge in [-0.2, -0.15) is 0 Å². The van der Waals surface area contributed by atoms with Crippen molar-refractivity contribution >= 4 is 20.5 Å². The molecule has 0 aromatic heterocycles. The van der Waals surface area contributed by atoms with E-state index in [0.717, 1.165) is 13.1 Å². The summed E-state index contributed by atoms with van der Waals surface area (Å²) in [6.07, 6.45) is 10.1. The Kier molecular flexibility index (Phi) is 17.6. The zero-order chi connectivity index (χ0) is 19.1. The average Bonchev–Trinajstić information content (AvgIpc) is 2.54. The average molecular weight is 373 g/mol. The molecule has 0 heterocycles. The highest BCUT2D eigenvalue weighted by Crippen LogP contribution is 2.03. The normalized spacial score (nSPS) is 12.9. The van der Waals surface area contributed by atoms with Crippen molar-refractivity contribution in [1.29, 1.82) is 0 Å². The molecule has 0 aliphatic rings. The topological polar surface area (TPSA) is 13.0 Å². The molecule has 0 saturated heterocycles. The molecule has 24 heavy (non-hydrogen) atoms. The quantitative estimate of drug-likeness (QED) is 0.311. The van der Waals surface area contributed by atoms with Crippen molar-refractivity contribution in [3.05, 3.63) is 24.3 Å². The van der Waals surface area contributed by atoms with Gasteiger partial charge in [-0.25, -0.2) is 0 Å². The molecule has 0 fully saturated rings. The van der Waals surface area contributed by atoms with Crippen molar-refractivity contribution in [2.45, 2.75) is 38.3 Å².